The van der Waals surface area contributed by atoms with Crippen LogP contribution in [0.4, 0.5) is 0 Å². The molecule has 0 bridgehead atoms. The van der Waals surface area contributed by atoms with Crippen molar-refractivity contribution in [2.75, 3.05) is 13.2 Å². The monoisotopic (exact) mass is 401 g/mol. The number of nitrogens with one attached hydrogen (secondary N) is 1. The lowest BCUT2D eigenvalue weighted by Crippen LogP contribution is -2.34. The van der Waals surface area contributed by atoms with Crippen molar-refractivity contribution in [3.05, 3.63) is 53.0 Å². The Balaban J connectivity index is 1.44. The standard InChI is InChI=1S/C20H20ClN3O2S/c21-15-7-5-14(6-8-15)17-13-27-20(23-17)18-4-1-9-24(18)12-19(25)22-11-16-3-2-10-26-16/h1,4-9,13,16H,2-3,10-12H2,(H,22,25)/t16-/m1/s1. The van der Waals surface area contributed by atoms with Gasteiger partial charge < -0.3 is 14.6 Å². The highest BCUT2D eigenvalue weighted by Gasteiger charge is 2.17. The fourth-order valence-electron chi connectivity index (χ4n) is 3.13. The van der Waals surface area contributed by atoms with Crippen LogP contribution in [0.2, 0.25) is 5.02 Å². The molecule has 3 aromatic rings. The Morgan fingerprint density at radius 1 is 1.33 bits per heavy atom. The summed E-state index contributed by atoms with van der Waals surface area (Å²) in [6.45, 7) is 1.64. The maximum atomic E-state index is 12.3. The summed E-state index contributed by atoms with van der Waals surface area (Å²) in [6.07, 6.45) is 4.15. The minimum Gasteiger partial charge on any atom is -0.376 e. The van der Waals surface area contributed by atoms with Gasteiger partial charge in [-0.15, -0.1) is 11.3 Å². The molecule has 4 rings (SSSR count). The molecule has 140 valence electrons. The van der Waals surface area contributed by atoms with Gasteiger partial charge >= 0.3 is 0 Å². The van der Waals surface area contributed by atoms with Gasteiger partial charge in [0.05, 0.1) is 17.5 Å². The van der Waals surface area contributed by atoms with E-state index in [0.717, 1.165) is 41.4 Å². The molecule has 27 heavy (non-hydrogen) atoms. The molecule has 2 aromatic heterocycles. The molecule has 0 spiro atoms. The SMILES string of the molecule is O=C(Cn1cccc1-c1nc(-c2ccc(Cl)cc2)cs1)NC[C@H]1CCCO1. The van der Waals surface area contributed by atoms with Crippen molar-refractivity contribution < 1.29 is 9.53 Å². The molecule has 0 unspecified atom stereocenters. The van der Waals surface area contributed by atoms with E-state index in [-0.39, 0.29) is 18.6 Å². The number of ether oxygens (including phenoxy) is 1. The second kappa shape index (κ2) is 8.25. The number of benzene rings is 1. The second-order valence-corrected chi connectivity index (χ2v) is 7.80. The van der Waals surface area contributed by atoms with Gasteiger partial charge in [0.1, 0.15) is 11.6 Å². The number of nitrogens with zero attached hydrogens (tertiary/aromatic N) is 2. The zero-order valence-electron chi connectivity index (χ0n) is 14.7. The van der Waals surface area contributed by atoms with E-state index in [1.165, 1.54) is 0 Å². The van der Waals surface area contributed by atoms with Crippen molar-refractivity contribution >= 4 is 28.8 Å². The van der Waals surface area contributed by atoms with Crippen LogP contribution in [-0.4, -0.2) is 34.7 Å². The Bertz CT molecular complexity index is 913. The molecule has 0 aliphatic carbocycles. The predicted molar refractivity (Wildman–Crippen MR) is 108 cm³/mol. The Morgan fingerprint density at radius 2 is 2.19 bits per heavy atom. The first-order chi connectivity index (χ1) is 13.2. The number of hydrogen-bond acceptors (Lipinski definition) is 4. The van der Waals surface area contributed by atoms with Gasteiger partial charge in [0.2, 0.25) is 5.91 Å². The minimum absolute atomic E-state index is 0.0163. The van der Waals surface area contributed by atoms with Gasteiger partial charge in [-0.1, -0.05) is 23.7 Å². The minimum atomic E-state index is -0.0163. The largest absolute Gasteiger partial charge is 0.376 e. The van der Waals surface area contributed by atoms with Gasteiger partial charge in [-0.05, 0) is 37.1 Å². The Hall–Kier alpha value is -2.15. The van der Waals surface area contributed by atoms with Crippen molar-refractivity contribution in [1.82, 2.24) is 14.9 Å². The first-order valence-electron chi connectivity index (χ1n) is 8.94. The zero-order chi connectivity index (χ0) is 18.6. The highest BCUT2D eigenvalue weighted by molar-refractivity contribution is 7.13. The smallest absolute Gasteiger partial charge is 0.240 e. The number of amides is 1. The third-order valence-electron chi connectivity index (χ3n) is 4.56. The first kappa shape index (κ1) is 18.2. The Kier molecular flexibility index (Phi) is 5.57. The van der Waals surface area contributed by atoms with E-state index in [4.69, 9.17) is 21.3 Å². The summed E-state index contributed by atoms with van der Waals surface area (Å²) in [5, 5.41) is 6.58. The molecule has 5 nitrogen and oxygen atoms in total. The maximum absolute atomic E-state index is 12.3. The lowest BCUT2D eigenvalue weighted by Gasteiger charge is -2.12. The molecule has 1 amide bonds. The summed E-state index contributed by atoms with van der Waals surface area (Å²) in [6, 6.07) is 11.6. The van der Waals surface area contributed by atoms with Crippen LogP contribution >= 0.6 is 22.9 Å². The average molecular weight is 402 g/mol. The van der Waals surface area contributed by atoms with Crippen molar-refractivity contribution in [3.63, 3.8) is 0 Å². The van der Waals surface area contributed by atoms with Gasteiger partial charge in [0.15, 0.2) is 0 Å². The summed E-state index contributed by atoms with van der Waals surface area (Å²) in [7, 11) is 0. The number of carbonyl (C=O) groups is 1. The summed E-state index contributed by atoms with van der Waals surface area (Å²) < 4.78 is 7.47. The number of rotatable bonds is 6. The van der Waals surface area contributed by atoms with E-state index in [1.54, 1.807) is 11.3 Å². The molecule has 1 saturated heterocycles. The van der Waals surface area contributed by atoms with Crippen molar-refractivity contribution in [3.8, 4) is 22.0 Å². The van der Waals surface area contributed by atoms with Crippen LogP contribution in [0.3, 0.4) is 0 Å². The summed E-state index contributed by atoms with van der Waals surface area (Å²) in [5.74, 6) is -0.0163. The molecule has 0 saturated carbocycles. The molecule has 3 heterocycles. The molecule has 1 atom stereocenters. The Morgan fingerprint density at radius 3 is 2.96 bits per heavy atom. The predicted octanol–water partition coefficient (Wildman–Crippen LogP) is 4.23. The fourth-order valence-corrected chi connectivity index (χ4v) is 4.13. The molecule has 1 aliphatic heterocycles. The topological polar surface area (TPSA) is 56.2 Å². The highest BCUT2D eigenvalue weighted by atomic mass is 35.5. The number of carbonyl (C=O) groups excluding carboxylic acids is 1. The van der Waals surface area contributed by atoms with Crippen molar-refractivity contribution in [1.29, 1.82) is 0 Å². The second-order valence-electron chi connectivity index (χ2n) is 6.51. The zero-order valence-corrected chi connectivity index (χ0v) is 16.3. The fraction of sp³-hybridized carbons (Fsp3) is 0.300. The number of hydrogen-bond donors (Lipinski definition) is 1. The molecule has 1 fully saturated rings. The lowest BCUT2D eigenvalue weighted by atomic mass is 10.2. The first-order valence-corrected chi connectivity index (χ1v) is 10.2. The van der Waals surface area contributed by atoms with Crippen LogP contribution < -0.4 is 5.32 Å². The van der Waals surface area contributed by atoms with E-state index >= 15 is 0 Å². The van der Waals surface area contributed by atoms with Gasteiger partial charge in [-0.3, -0.25) is 4.79 Å². The molecular formula is C20H20ClN3O2S. The third kappa shape index (κ3) is 4.40. The van der Waals surface area contributed by atoms with E-state index in [2.05, 4.69) is 5.32 Å². The van der Waals surface area contributed by atoms with Crippen molar-refractivity contribution in [2.45, 2.75) is 25.5 Å². The van der Waals surface area contributed by atoms with E-state index in [9.17, 15) is 4.79 Å². The van der Waals surface area contributed by atoms with Crippen LogP contribution in [0.25, 0.3) is 22.0 Å². The van der Waals surface area contributed by atoms with Gasteiger partial charge in [0, 0.05) is 35.3 Å². The summed E-state index contributed by atoms with van der Waals surface area (Å²) >= 11 is 7.52. The number of halogens is 1. The van der Waals surface area contributed by atoms with Crippen LogP contribution in [0.15, 0.2) is 48.0 Å². The van der Waals surface area contributed by atoms with Crippen LogP contribution in [0, 0.1) is 0 Å². The molecule has 7 heteroatoms. The van der Waals surface area contributed by atoms with E-state index in [1.807, 2.05) is 52.5 Å². The van der Waals surface area contributed by atoms with E-state index in [0.29, 0.717) is 11.6 Å². The lowest BCUT2D eigenvalue weighted by molar-refractivity contribution is -0.122. The van der Waals surface area contributed by atoms with Gasteiger partial charge in [0.25, 0.3) is 0 Å². The Labute approximate surface area is 167 Å². The van der Waals surface area contributed by atoms with Crippen LogP contribution in [0.1, 0.15) is 12.8 Å². The van der Waals surface area contributed by atoms with Crippen LogP contribution in [0.5, 0.6) is 0 Å². The van der Waals surface area contributed by atoms with Gasteiger partial charge in [-0.2, -0.15) is 0 Å². The third-order valence-corrected chi connectivity index (χ3v) is 5.67. The molecule has 1 aromatic carbocycles. The summed E-state index contributed by atoms with van der Waals surface area (Å²) in [5.41, 5.74) is 2.86. The molecule has 1 aliphatic rings. The maximum Gasteiger partial charge on any atom is 0.240 e. The van der Waals surface area contributed by atoms with Gasteiger partial charge in [-0.25, -0.2) is 4.98 Å². The van der Waals surface area contributed by atoms with Crippen LogP contribution in [-0.2, 0) is 16.1 Å². The highest BCUT2D eigenvalue weighted by Crippen LogP contribution is 2.29. The molecule has 0 radical (unpaired) electrons. The normalized spacial score (nSPS) is 16.6. The number of aromatic nitrogens is 2. The molecule has 1 N–H and O–H groups in total. The summed E-state index contributed by atoms with van der Waals surface area (Å²) in [4.78, 5) is 17.0. The average Bonchev–Trinajstić information content (AvgIpc) is 3.42. The van der Waals surface area contributed by atoms with Crippen molar-refractivity contribution in [2.24, 2.45) is 0 Å². The number of thiazole rings is 1. The quantitative estimate of drug-likeness (QED) is 0.672. The van der Waals surface area contributed by atoms with E-state index < -0.39 is 0 Å². The molecular weight excluding hydrogens is 382 g/mol.